The zero-order valence-corrected chi connectivity index (χ0v) is 13.5. The van der Waals surface area contributed by atoms with Gasteiger partial charge in [-0.1, -0.05) is 44.5 Å². The van der Waals surface area contributed by atoms with Crippen molar-refractivity contribution in [3.63, 3.8) is 0 Å². The Morgan fingerprint density at radius 2 is 1.65 bits per heavy atom. The van der Waals surface area contributed by atoms with Crippen LogP contribution in [-0.4, -0.2) is 26.8 Å². The van der Waals surface area contributed by atoms with Crippen LogP contribution in [0.4, 0.5) is 0 Å². The van der Waals surface area contributed by atoms with Crippen LogP contribution in [0.25, 0.3) is 0 Å². The Morgan fingerprint density at radius 3 is 2.30 bits per heavy atom. The van der Waals surface area contributed by atoms with Crippen LogP contribution in [0.15, 0.2) is 24.3 Å². The molecule has 20 heavy (non-hydrogen) atoms. The number of unbranched alkanes of at least 4 members (excludes halogenated alkanes) is 2. The molecule has 0 saturated carbocycles. The van der Waals surface area contributed by atoms with Crippen molar-refractivity contribution in [3.8, 4) is 0 Å². The Kier molecular flexibility index (Phi) is 9.35. The number of benzene rings is 1. The fourth-order valence-corrected chi connectivity index (χ4v) is 2.37. The molecule has 0 fully saturated rings. The van der Waals surface area contributed by atoms with Gasteiger partial charge >= 0.3 is 0 Å². The second-order valence-electron chi connectivity index (χ2n) is 5.97. The monoisotopic (exact) mass is 277 g/mol. The van der Waals surface area contributed by atoms with Crippen LogP contribution >= 0.6 is 0 Å². The lowest BCUT2D eigenvalue weighted by molar-refractivity contribution is 0.199. The van der Waals surface area contributed by atoms with E-state index in [-0.39, 0.29) is 0 Å². The Labute approximate surface area is 124 Å². The van der Waals surface area contributed by atoms with Crippen molar-refractivity contribution in [3.05, 3.63) is 35.4 Å². The maximum Gasteiger partial charge on any atom is 0.0587 e. The van der Waals surface area contributed by atoms with E-state index >= 15 is 0 Å². The Morgan fingerprint density at radius 1 is 0.950 bits per heavy atom. The van der Waals surface area contributed by atoms with Crippen LogP contribution in [0.5, 0.6) is 0 Å². The van der Waals surface area contributed by atoms with E-state index in [9.17, 15) is 0 Å². The van der Waals surface area contributed by atoms with E-state index in [1.165, 1.54) is 43.2 Å². The van der Waals surface area contributed by atoms with Crippen molar-refractivity contribution in [2.45, 2.75) is 46.0 Å². The number of methoxy groups -OCH3 is 1. The molecule has 0 aliphatic heterocycles. The Bertz CT molecular complexity index is 332. The molecule has 0 amide bonds. The predicted octanol–water partition coefficient (Wildman–Crippen LogP) is 3.83. The zero-order valence-electron chi connectivity index (χ0n) is 13.5. The normalized spacial score (nSPS) is 11.2. The fourth-order valence-electron chi connectivity index (χ4n) is 2.37. The van der Waals surface area contributed by atoms with Crippen LogP contribution < -0.4 is 5.32 Å². The van der Waals surface area contributed by atoms with Crippen LogP contribution in [-0.2, 0) is 17.6 Å². The summed E-state index contributed by atoms with van der Waals surface area (Å²) < 4.78 is 5.00. The van der Waals surface area contributed by atoms with Crippen LogP contribution in [0.1, 0.15) is 44.2 Å². The van der Waals surface area contributed by atoms with Crippen molar-refractivity contribution in [2.24, 2.45) is 5.92 Å². The summed E-state index contributed by atoms with van der Waals surface area (Å²) in [4.78, 5) is 0. The van der Waals surface area contributed by atoms with Gasteiger partial charge in [-0.2, -0.15) is 0 Å². The van der Waals surface area contributed by atoms with Gasteiger partial charge < -0.3 is 10.1 Å². The molecule has 0 aromatic heterocycles. The van der Waals surface area contributed by atoms with Gasteiger partial charge in [-0.25, -0.2) is 0 Å². The summed E-state index contributed by atoms with van der Waals surface area (Å²) in [5, 5.41) is 3.39. The Balaban J connectivity index is 2.07. The second kappa shape index (κ2) is 10.9. The van der Waals surface area contributed by atoms with Gasteiger partial charge in [-0.05, 0) is 49.3 Å². The molecule has 2 nitrogen and oxygen atoms in total. The summed E-state index contributed by atoms with van der Waals surface area (Å²) in [7, 11) is 1.74. The lowest BCUT2D eigenvalue weighted by Gasteiger charge is -2.07. The molecule has 0 heterocycles. The maximum atomic E-state index is 5.00. The van der Waals surface area contributed by atoms with Gasteiger partial charge in [0.05, 0.1) is 6.61 Å². The fraction of sp³-hybridized carbons (Fsp3) is 0.667. The molecular weight excluding hydrogens is 246 g/mol. The number of aryl methyl sites for hydroxylation is 1. The van der Waals surface area contributed by atoms with Gasteiger partial charge in [0.25, 0.3) is 0 Å². The molecule has 0 saturated heterocycles. The van der Waals surface area contributed by atoms with Crippen molar-refractivity contribution in [2.75, 3.05) is 26.8 Å². The highest BCUT2D eigenvalue weighted by molar-refractivity contribution is 5.22. The SMILES string of the molecule is COCCNCCCCCc1ccc(CC(C)C)cc1. The molecular formula is C18H31NO. The van der Waals surface area contributed by atoms with Gasteiger partial charge in [0.2, 0.25) is 0 Å². The van der Waals surface area contributed by atoms with E-state index in [2.05, 4.69) is 43.4 Å². The smallest absolute Gasteiger partial charge is 0.0587 e. The summed E-state index contributed by atoms with van der Waals surface area (Å²) in [5.74, 6) is 0.742. The maximum absolute atomic E-state index is 5.00. The summed E-state index contributed by atoms with van der Waals surface area (Å²) in [6.45, 7) is 7.43. The first-order chi connectivity index (χ1) is 9.72. The van der Waals surface area contributed by atoms with Crippen molar-refractivity contribution in [1.29, 1.82) is 0 Å². The third-order valence-corrected chi connectivity index (χ3v) is 3.47. The third kappa shape index (κ3) is 8.34. The molecule has 0 aliphatic rings. The minimum Gasteiger partial charge on any atom is -0.383 e. The Hall–Kier alpha value is -0.860. The zero-order chi connectivity index (χ0) is 14.6. The summed E-state index contributed by atoms with van der Waals surface area (Å²) in [6, 6.07) is 9.19. The van der Waals surface area contributed by atoms with E-state index in [4.69, 9.17) is 4.74 Å². The van der Waals surface area contributed by atoms with E-state index in [0.29, 0.717) is 0 Å². The molecule has 2 heteroatoms. The van der Waals surface area contributed by atoms with E-state index < -0.39 is 0 Å². The van der Waals surface area contributed by atoms with E-state index in [1.54, 1.807) is 7.11 Å². The van der Waals surface area contributed by atoms with Gasteiger partial charge in [0.15, 0.2) is 0 Å². The van der Waals surface area contributed by atoms with Gasteiger partial charge in [-0.15, -0.1) is 0 Å². The number of ether oxygens (including phenoxy) is 1. The first-order valence-corrected chi connectivity index (χ1v) is 8.00. The highest BCUT2D eigenvalue weighted by Gasteiger charge is 1.98. The first-order valence-electron chi connectivity index (χ1n) is 8.00. The van der Waals surface area contributed by atoms with E-state index in [0.717, 1.165) is 25.6 Å². The lowest BCUT2D eigenvalue weighted by Crippen LogP contribution is -2.20. The minimum atomic E-state index is 0.742. The van der Waals surface area contributed by atoms with Crippen LogP contribution in [0, 0.1) is 5.92 Å². The largest absolute Gasteiger partial charge is 0.383 e. The standard InChI is InChI=1S/C18H31NO/c1-16(2)15-18-10-8-17(9-11-18)7-5-4-6-12-19-13-14-20-3/h8-11,16,19H,4-7,12-15H2,1-3H3. The molecule has 1 N–H and O–H groups in total. The van der Waals surface area contributed by atoms with Gasteiger partial charge in [-0.3, -0.25) is 0 Å². The molecule has 1 aromatic rings. The second-order valence-corrected chi connectivity index (χ2v) is 5.97. The molecule has 0 atom stereocenters. The topological polar surface area (TPSA) is 21.3 Å². The average molecular weight is 277 g/mol. The molecule has 0 aliphatic carbocycles. The van der Waals surface area contributed by atoms with Crippen LogP contribution in [0.3, 0.4) is 0 Å². The average Bonchev–Trinajstić information content (AvgIpc) is 2.43. The first kappa shape index (κ1) is 17.2. The minimum absolute atomic E-state index is 0.742. The predicted molar refractivity (Wildman–Crippen MR) is 87.3 cm³/mol. The third-order valence-electron chi connectivity index (χ3n) is 3.47. The molecule has 1 rings (SSSR count). The molecule has 114 valence electrons. The van der Waals surface area contributed by atoms with Crippen molar-refractivity contribution < 1.29 is 4.74 Å². The number of hydrogen-bond acceptors (Lipinski definition) is 2. The van der Waals surface area contributed by atoms with Crippen molar-refractivity contribution >= 4 is 0 Å². The summed E-state index contributed by atoms with van der Waals surface area (Å²) in [6.07, 6.45) is 6.24. The van der Waals surface area contributed by atoms with Gasteiger partial charge in [0, 0.05) is 13.7 Å². The number of hydrogen-bond donors (Lipinski definition) is 1. The van der Waals surface area contributed by atoms with E-state index in [1.807, 2.05) is 0 Å². The lowest BCUT2D eigenvalue weighted by atomic mass is 10.00. The van der Waals surface area contributed by atoms with Crippen LogP contribution in [0.2, 0.25) is 0 Å². The highest BCUT2D eigenvalue weighted by atomic mass is 16.5. The highest BCUT2D eigenvalue weighted by Crippen LogP contribution is 2.12. The quantitative estimate of drug-likeness (QED) is 0.621. The molecule has 0 unspecified atom stereocenters. The number of rotatable bonds is 11. The molecule has 0 spiro atoms. The van der Waals surface area contributed by atoms with Crippen molar-refractivity contribution in [1.82, 2.24) is 5.32 Å². The summed E-state index contributed by atoms with van der Waals surface area (Å²) >= 11 is 0. The molecule has 0 radical (unpaired) electrons. The molecule has 0 bridgehead atoms. The number of nitrogens with one attached hydrogen (secondary N) is 1. The molecule has 1 aromatic carbocycles. The van der Waals surface area contributed by atoms with Gasteiger partial charge in [0.1, 0.15) is 0 Å². The summed E-state index contributed by atoms with van der Waals surface area (Å²) in [5.41, 5.74) is 2.94.